The fourth-order valence-electron chi connectivity index (χ4n) is 1.27. The van der Waals surface area contributed by atoms with Crippen LogP contribution in [0.1, 0.15) is 5.82 Å². The van der Waals surface area contributed by atoms with E-state index in [1.54, 1.807) is 6.92 Å². The maximum Gasteiger partial charge on any atom is 0.347 e. The number of aryl methyl sites for hydroxylation is 1. The molecule has 0 radical (unpaired) electrons. The van der Waals surface area contributed by atoms with Crippen LogP contribution in [-0.4, -0.2) is 40.5 Å². The number of hydrogen-bond donors (Lipinski definition) is 1. The lowest BCUT2D eigenvalue weighted by molar-refractivity contribution is 0.210. The molecule has 2 amide bonds. The molecule has 0 saturated heterocycles. The molecule has 0 saturated carbocycles. The molecule has 10 heteroatoms. The summed E-state index contributed by atoms with van der Waals surface area (Å²) in [5.41, 5.74) is 5.98. The molecule has 0 aliphatic rings. The van der Waals surface area contributed by atoms with E-state index in [9.17, 15) is 9.70 Å². The summed E-state index contributed by atoms with van der Waals surface area (Å²) in [7, 11) is 1.44. The van der Waals surface area contributed by atoms with Crippen LogP contribution in [0.3, 0.4) is 0 Å². The second-order valence-electron chi connectivity index (χ2n) is 3.42. The van der Waals surface area contributed by atoms with Gasteiger partial charge in [0.1, 0.15) is 11.5 Å². The lowest BCUT2D eigenvalue weighted by atomic mass is 10.4. The summed E-state index contributed by atoms with van der Waals surface area (Å²) < 4.78 is 0. The van der Waals surface area contributed by atoms with E-state index >= 15 is 0 Å². The van der Waals surface area contributed by atoms with E-state index in [0.717, 1.165) is 4.90 Å². The van der Waals surface area contributed by atoms with Crippen molar-refractivity contribution in [3.05, 3.63) is 16.9 Å². The highest BCUT2D eigenvalue weighted by Gasteiger charge is 2.21. The Kier molecular flexibility index (Phi) is 7.02. The SMILES string of the molecule is Cc1ncc(N(C)C(=O)N(CCCl)N=O)c(N)n1.Cl. The maximum absolute atomic E-state index is 11.9. The Labute approximate surface area is 121 Å². The lowest BCUT2D eigenvalue weighted by Gasteiger charge is -2.22. The number of nitroso groups, excluding NO2 is 1. The molecule has 106 valence electrons. The minimum absolute atomic E-state index is 0. The first kappa shape index (κ1) is 17.3. The number of amides is 2. The first-order valence-electron chi connectivity index (χ1n) is 5.04. The van der Waals surface area contributed by atoms with Crippen molar-refractivity contribution in [1.82, 2.24) is 15.0 Å². The van der Waals surface area contributed by atoms with Crippen molar-refractivity contribution < 1.29 is 4.79 Å². The molecule has 0 fully saturated rings. The van der Waals surface area contributed by atoms with Crippen molar-refractivity contribution in [1.29, 1.82) is 0 Å². The van der Waals surface area contributed by atoms with Gasteiger partial charge in [0.05, 0.1) is 18.0 Å². The highest BCUT2D eigenvalue weighted by atomic mass is 35.5. The van der Waals surface area contributed by atoms with Crippen molar-refractivity contribution in [2.45, 2.75) is 6.92 Å². The predicted octanol–water partition coefficient (Wildman–Crippen LogP) is 1.57. The summed E-state index contributed by atoms with van der Waals surface area (Å²) in [6.45, 7) is 1.69. The fraction of sp³-hybridized carbons (Fsp3) is 0.444. The molecule has 0 spiro atoms. The summed E-state index contributed by atoms with van der Waals surface area (Å²) in [5, 5.41) is 3.30. The fourth-order valence-corrected chi connectivity index (χ4v) is 1.43. The van der Waals surface area contributed by atoms with E-state index in [2.05, 4.69) is 15.3 Å². The van der Waals surface area contributed by atoms with E-state index < -0.39 is 6.03 Å². The summed E-state index contributed by atoms with van der Waals surface area (Å²) in [6, 6.07) is -0.648. The van der Waals surface area contributed by atoms with E-state index in [1.807, 2.05) is 0 Å². The number of nitrogens with two attached hydrogens (primary N) is 1. The molecule has 0 aromatic carbocycles. The van der Waals surface area contributed by atoms with Crippen LogP contribution in [0.4, 0.5) is 16.3 Å². The Bertz CT molecular complexity index is 458. The molecule has 0 bridgehead atoms. The zero-order valence-electron chi connectivity index (χ0n) is 10.4. The molecule has 0 aliphatic carbocycles. The van der Waals surface area contributed by atoms with Crippen LogP contribution in [0.25, 0.3) is 0 Å². The average Bonchev–Trinajstić information content (AvgIpc) is 2.34. The molecule has 0 aliphatic heterocycles. The molecule has 8 nitrogen and oxygen atoms in total. The first-order valence-corrected chi connectivity index (χ1v) is 5.58. The topological polar surface area (TPSA) is 105 Å². The monoisotopic (exact) mass is 308 g/mol. The van der Waals surface area contributed by atoms with Crippen LogP contribution in [0.2, 0.25) is 0 Å². The third kappa shape index (κ3) is 4.18. The van der Waals surface area contributed by atoms with Crippen molar-refractivity contribution in [3.63, 3.8) is 0 Å². The summed E-state index contributed by atoms with van der Waals surface area (Å²) >= 11 is 5.46. The van der Waals surface area contributed by atoms with Crippen molar-refractivity contribution in [2.75, 3.05) is 30.1 Å². The lowest BCUT2D eigenvalue weighted by Crippen LogP contribution is -2.39. The van der Waals surface area contributed by atoms with Gasteiger partial charge in [-0.15, -0.1) is 28.9 Å². The molecule has 1 aromatic heterocycles. The third-order valence-corrected chi connectivity index (χ3v) is 2.35. The maximum atomic E-state index is 11.9. The van der Waals surface area contributed by atoms with Gasteiger partial charge in [0, 0.05) is 12.9 Å². The Morgan fingerprint density at radius 3 is 2.68 bits per heavy atom. The number of halogens is 2. The molecule has 2 N–H and O–H groups in total. The van der Waals surface area contributed by atoms with Gasteiger partial charge in [-0.2, -0.15) is 5.01 Å². The number of rotatable bonds is 4. The average molecular weight is 309 g/mol. The second kappa shape index (κ2) is 7.70. The number of hydrogen-bond acceptors (Lipinski definition) is 6. The molecule has 19 heavy (non-hydrogen) atoms. The van der Waals surface area contributed by atoms with Crippen molar-refractivity contribution in [3.8, 4) is 0 Å². The van der Waals surface area contributed by atoms with Crippen molar-refractivity contribution in [2.24, 2.45) is 5.29 Å². The third-order valence-electron chi connectivity index (χ3n) is 2.18. The molecule has 0 atom stereocenters. The minimum Gasteiger partial charge on any atom is -0.382 e. The smallest absolute Gasteiger partial charge is 0.347 e. The predicted molar refractivity (Wildman–Crippen MR) is 75.4 cm³/mol. The van der Waals surface area contributed by atoms with Gasteiger partial charge < -0.3 is 5.73 Å². The quantitative estimate of drug-likeness (QED) is 0.516. The molecular formula is C9H14Cl2N6O2. The van der Waals surface area contributed by atoms with Crippen LogP contribution in [0.15, 0.2) is 11.5 Å². The Hall–Kier alpha value is -1.67. The van der Waals surface area contributed by atoms with Crippen LogP contribution in [0.5, 0.6) is 0 Å². The molecular weight excluding hydrogens is 295 g/mol. The van der Waals surface area contributed by atoms with Gasteiger partial charge in [0.25, 0.3) is 0 Å². The number of carbonyl (C=O) groups excluding carboxylic acids is 1. The largest absolute Gasteiger partial charge is 0.382 e. The van der Waals surface area contributed by atoms with E-state index in [1.165, 1.54) is 13.2 Å². The Balaban J connectivity index is 0.00000324. The number of nitrogen functional groups attached to an aromatic ring is 1. The highest BCUT2D eigenvalue weighted by molar-refractivity contribution is 6.18. The van der Waals surface area contributed by atoms with Gasteiger partial charge >= 0.3 is 6.03 Å². The summed E-state index contributed by atoms with van der Waals surface area (Å²) in [5.74, 6) is 0.740. The Morgan fingerprint density at radius 2 is 2.21 bits per heavy atom. The van der Waals surface area contributed by atoms with Gasteiger partial charge in [0.2, 0.25) is 0 Å². The number of nitrogens with zero attached hydrogens (tertiary/aromatic N) is 5. The van der Waals surface area contributed by atoms with E-state index in [0.29, 0.717) is 16.5 Å². The number of anilines is 2. The van der Waals surface area contributed by atoms with Crippen LogP contribution in [-0.2, 0) is 0 Å². The zero-order chi connectivity index (χ0) is 13.7. The number of urea groups is 1. The van der Waals surface area contributed by atoms with Gasteiger partial charge in [0.15, 0.2) is 5.82 Å². The van der Waals surface area contributed by atoms with Gasteiger partial charge in [-0.25, -0.2) is 14.8 Å². The first-order chi connectivity index (χ1) is 8.51. The van der Waals surface area contributed by atoms with E-state index in [4.69, 9.17) is 17.3 Å². The highest BCUT2D eigenvalue weighted by Crippen LogP contribution is 2.19. The van der Waals surface area contributed by atoms with Crippen molar-refractivity contribution >= 4 is 41.5 Å². The molecule has 1 heterocycles. The van der Waals surface area contributed by atoms with Gasteiger partial charge in [-0.05, 0) is 6.92 Å². The molecule has 1 aromatic rings. The van der Waals surface area contributed by atoms with Gasteiger partial charge in [-0.3, -0.25) is 4.90 Å². The van der Waals surface area contributed by atoms with E-state index in [-0.39, 0.29) is 30.6 Å². The van der Waals surface area contributed by atoms with Crippen LogP contribution >= 0.6 is 24.0 Å². The number of aromatic nitrogens is 2. The van der Waals surface area contributed by atoms with Crippen LogP contribution < -0.4 is 10.6 Å². The van der Waals surface area contributed by atoms with Gasteiger partial charge in [-0.1, -0.05) is 0 Å². The summed E-state index contributed by atoms with van der Waals surface area (Å²) in [4.78, 5) is 31.4. The number of carbonyl (C=O) groups is 1. The Morgan fingerprint density at radius 1 is 1.58 bits per heavy atom. The molecule has 1 rings (SSSR count). The normalized spacial score (nSPS) is 9.42. The second-order valence-corrected chi connectivity index (χ2v) is 3.80. The van der Waals surface area contributed by atoms with Crippen LogP contribution in [0, 0.1) is 11.8 Å². The summed E-state index contributed by atoms with van der Waals surface area (Å²) in [6.07, 6.45) is 1.40. The minimum atomic E-state index is -0.648. The zero-order valence-corrected chi connectivity index (χ0v) is 12.0. The standard InChI is InChI=1S/C9H13ClN6O2.ClH/c1-6-12-5-7(8(11)13-6)15(2)9(17)16(14-18)4-3-10;/h5H,3-4H2,1-2H3,(H2,11,12,13);1H. The number of alkyl halides is 1. The molecule has 0 unspecified atom stereocenters.